The Balaban J connectivity index is 2.62. The second kappa shape index (κ2) is 3.95. The van der Waals surface area contributed by atoms with Gasteiger partial charge in [0, 0.05) is 12.2 Å². The van der Waals surface area contributed by atoms with Crippen LogP contribution in [0.2, 0.25) is 0 Å². The number of benzene rings is 1. The number of nitrogens with one attached hydrogen (secondary N) is 1. The number of hydroxylamine groups is 1. The lowest BCUT2D eigenvalue weighted by Gasteiger charge is -2.04. The summed E-state index contributed by atoms with van der Waals surface area (Å²) in [5, 5.41) is 0. The molecule has 3 N–H and O–H groups in total. The summed E-state index contributed by atoms with van der Waals surface area (Å²) in [6.45, 7) is 0.642. The monoisotopic (exact) mass is 152 g/mol. The highest BCUT2D eigenvalue weighted by atomic mass is 16.6. The molecule has 0 aliphatic heterocycles. The summed E-state index contributed by atoms with van der Waals surface area (Å²) in [6, 6.07) is 7.68. The van der Waals surface area contributed by atoms with Crippen LogP contribution >= 0.6 is 0 Å². The first kappa shape index (κ1) is 8.04. The van der Waals surface area contributed by atoms with Gasteiger partial charge < -0.3 is 10.6 Å². The van der Waals surface area contributed by atoms with Crippen molar-refractivity contribution in [2.45, 2.75) is 6.54 Å². The molecule has 1 rings (SSSR count). The van der Waals surface area contributed by atoms with E-state index in [4.69, 9.17) is 10.6 Å². The molecule has 0 saturated carbocycles. The van der Waals surface area contributed by atoms with E-state index in [0.717, 1.165) is 11.3 Å². The topological polar surface area (TPSA) is 47.3 Å². The number of para-hydroxylation sites is 1. The fourth-order valence-corrected chi connectivity index (χ4v) is 0.845. The third-order valence-corrected chi connectivity index (χ3v) is 1.46. The van der Waals surface area contributed by atoms with Gasteiger partial charge >= 0.3 is 0 Å². The summed E-state index contributed by atoms with van der Waals surface area (Å²) >= 11 is 0. The summed E-state index contributed by atoms with van der Waals surface area (Å²) in [5.41, 5.74) is 10.2. The Bertz CT molecular complexity index is 225. The van der Waals surface area contributed by atoms with Gasteiger partial charge in [-0.2, -0.15) is 5.48 Å². The first-order valence-corrected chi connectivity index (χ1v) is 3.44. The minimum Gasteiger partial charge on any atom is -0.398 e. The molecule has 0 aliphatic carbocycles. The van der Waals surface area contributed by atoms with E-state index in [1.54, 1.807) is 7.11 Å². The molecule has 1 aromatic carbocycles. The van der Waals surface area contributed by atoms with Gasteiger partial charge in [0.15, 0.2) is 0 Å². The molecule has 0 saturated heterocycles. The van der Waals surface area contributed by atoms with Crippen LogP contribution in [0.4, 0.5) is 5.69 Å². The van der Waals surface area contributed by atoms with Gasteiger partial charge in [0.2, 0.25) is 0 Å². The minimum atomic E-state index is 0.642. The van der Waals surface area contributed by atoms with Gasteiger partial charge in [0.05, 0.1) is 7.11 Å². The average Bonchev–Trinajstić information content (AvgIpc) is 2.03. The van der Waals surface area contributed by atoms with Crippen molar-refractivity contribution >= 4 is 5.69 Å². The zero-order valence-electron chi connectivity index (χ0n) is 6.50. The molecule has 0 spiro atoms. The predicted octanol–water partition coefficient (Wildman–Crippen LogP) is 0.920. The third kappa shape index (κ3) is 2.22. The third-order valence-electron chi connectivity index (χ3n) is 1.46. The number of nitrogens with two attached hydrogens (primary N) is 1. The fourth-order valence-electron chi connectivity index (χ4n) is 0.845. The maximum Gasteiger partial charge on any atom is 0.0572 e. The molecular formula is C8H12N2O. The number of rotatable bonds is 3. The van der Waals surface area contributed by atoms with E-state index in [2.05, 4.69) is 5.48 Å². The molecule has 0 amide bonds. The maximum atomic E-state index is 5.67. The van der Waals surface area contributed by atoms with Crippen LogP contribution in [-0.4, -0.2) is 7.11 Å². The molecule has 0 aromatic heterocycles. The van der Waals surface area contributed by atoms with Crippen LogP contribution in [0.5, 0.6) is 0 Å². The van der Waals surface area contributed by atoms with Crippen molar-refractivity contribution in [1.82, 2.24) is 5.48 Å². The Hall–Kier alpha value is -1.06. The zero-order valence-corrected chi connectivity index (χ0v) is 6.50. The van der Waals surface area contributed by atoms with E-state index in [-0.39, 0.29) is 0 Å². The molecule has 0 unspecified atom stereocenters. The summed E-state index contributed by atoms with van der Waals surface area (Å²) < 4.78 is 0. The molecule has 0 bridgehead atoms. The quantitative estimate of drug-likeness (QED) is 0.500. The van der Waals surface area contributed by atoms with Crippen LogP contribution in [0.15, 0.2) is 24.3 Å². The molecule has 3 heteroatoms. The average molecular weight is 152 g/mol. The molecular weight excluding hydrogens is 140 g/mol. The molecule has 0 fully saturated rings. The summed E-state index contributed by atoms with van der Waals surface area (Å²) in [4.78, 5) is 4.70. The molecule has 0 heterocycles. The van der Waals surface area contributed by atoms with Crippen LogP contribution in [0, 0.1) is 0 Å². The van der Waals surface area contributed by atoms with E-state index in [9.17, 15) is 0 Å². The lowest BCUT2D eigenvalue weighted by atomic mass is 10.2. The van der Waals surface area contributed by atoms with E-state index in [1.807, 2.05) is 24.3 Å². The Morgan fingerprint density at radius 1 is 1.45 bits per heavy atom. The van der Waals surface area contributed by atoms with Crippen molar-refractivity contribution in [1.29, 1.82) is 0 Å². The fraction of sp³-hybridized carbons (Fsp3) is 0.250. The Kier molecular flexibility index (Phi) is 2.89. The van der Waals surface area contributed by atoms with E-state index in [1.165, 1.54) is 0 Å². The second-order valence-electron chi connectivity index (χ2n) is 2.22. The van der Waals surface area contributed by atoms with Gasteiger partial charge in [-0.3, -0.25) is 0 Å². The molecule has 3 nitrogen and oxygen atoms in total. The van der Waals surface area contributed by atoms with Gasteiger partial charge in [-0.1, -0.05) is 18.2 Å². The van der Waals surface area contributed by atoms with Gasteiger partial charge in [0.25, 0.3) is 0 Å². The number of hydrogen-bond acceptors (Lipinski definition) is 3. The van der Waals surface area contributed by atoms with Gasteiger partial charge in [-0.05, 0) is 11.6 Å². The molecule has 11 heavy (non-hydrogen) atoms. The first-order valence-electron chi connectivity index (χ1n) is 3.44. The lowest BCUT2D eigenvalue weighted by molar-refractivity contribution is 0.0868. The van der Waals surface area contributed by atoms with Gasteiger partial charge in [-0.15, -0.1) is 0 Å². The second-order valence-corrected chi connectivity index (χ2v) is 2.22. The highest BCUT2D eigenvalue weighted by molar-refractivity contribution is 5.45. The number of hydrogen-bond donors (Lipinski definition) is 2. The largest absolute Gasteiger partial charge is 0.398 e. The summed E-state index contributed by atoms with van der Waals surface area (Å²) in [5.74, 6) is 0. The van der Waals surface area contributed by atoms with E-state index < -0.39 is 0 Å². The first-order chi connectivity index (χ1) is 5.34. The standard InChI is InChI=1S/C8H12N2O/c1-11-10-6-7-4-2-3-5-8(7)9/h2-5,10H,6,9H2,1H3. The minimum absolute atomic E-state index is 0.642. The highest BCUT2D eigenvalue weighted by Crippen LogP contribution is 2.09. The predicted molar refractivity (Wildman–Crippen MR) is 44.7 cm³/mol. The Labute approximate surface area is 66.1 Å². The van der Waals surface area contributed by atoms with Crippen LogP contribution < -0.4 is 11.2 Å². The van der Waals surface area contributed by atoms with Gasteiger partial charge in [0.1, 0.15) is 0 Å². The lowest BCUT2D eigenvalue weighted by Crippen LogP contribution is -2.11. The highest BCUT2D eigenvalue weighted by Gasteiger charge is 1.94. The van der Waals surface area contributed by atoms with Crippen molar-refractivity contribution in [3.63, 3.8) is 0 Å². The van der Waals surface area contributed by atoms with Crippen LogP contribution in [0.25, 0.3) is 0 Å². The number of anilines is 1. The number of nitrogen functional groups attached to an aromatic ring is 1. The summed E-state index contributed by atoms with van der Waals surface area (Å²) in [6.07, 6.45) is 0. The zero-order chi connectivity index (χ0) is 8.10. The van der Waals surface area contributed by atoms with Crippen molar-refractivity contribution in [3.05, 3.63) is 29.8 Å². The normalized spacial score (nSPS) is 9.91. The smallest absolute Gasteiger partial charge is 0.0572 e. The van der Waals surface area contributed by atoms with Gasteiger partial charge in [-0.25, -0.2) is 0 Å². The van der Waals surface area contributed by atoms with E-state index in [0.29, 0.717) is 6.54 Å². The molecule has 1 aromatic rings. The summed E-state index contributed by atoms with van der Waals surface area (Å²) in [7, 11) is 1.58. The van der Waals surface area contributed by atoms with Crippen molar-refractivity contribution in [2.75, 3.05) is 12.8 Å². The van der Waals surface area contributed by atoms with Crippen LogP contribution in [0.1, 0.15) is 5.56 Å². The van der Waals surface area contributed by atoms with Crippen molar-refractivity contribution in [3.8, 4) is 0 Å². The molecule has 60 valence electrons. The van der Waals surface area contributed by atoms with Crippen molar-refractivity contribution in [2.24, 2.45) is 0 Å². The Morgan fingerprint density at radius 2 is 2.18 bits per heavy atom. The molecule has 0 radical (unpaired) electrons. The maximum absolute atomic E-state index is 5.67. The molecule has 0 atom stereocenters. The van der Waals surface area contributed by atoms with Crippen LogP contribution in [-0.2, 0) is 11.4 Å². The molecule has 0 aliphatic rings. The Morgan fingerprint density at radius 3 is 2.82 bits per heavy atom. The van der Waals surface area contributed by atoms with Crippen LogP contribution in [0.3, 0.4) is 0 Å². The van der Waals surface area contributed by atoms with Crippen molar-refractivity contribution < 1.29 is 4.84 Å². The van der Waals surface area contributed by atoms with E-state index >= 15 is 0 Å². The SMILES string of the molecule is CONCc1ccccc1N.